The van der Waals surface area contributed by atoms with E-state index in [2.05, 4.69) is 15.5 Å². The molecule has 0 amide bonds. The van der Waals surface area contributed by atoms with Crippen molar-refractivity contribution >= 4 is 22.6 Å². The molecule has 6 heteroatoms. The van der Waals surface area contributed by atoms with Crippen LogP contribution < -0.4 is 4.74 Å². The van der Waals surface area contributed by atoms with Gasteiger partial charge >= 0.3 is 0 Å². The number of aromatic nitrogens is 2. The van der Waals surface area contributed by atoms with E-state index >= 15 is 0 Å². The molecule has 0 aliphatic carbocycles. The maximum Gasteiger partial charge on any atom is 0.149 e. The number of nitrogens with zero attached hydrogens (tertiary/aromatic N) is 3. The number of hydrogen-bond acceptors (Lipinski definition) is 4. The third kappa shape index (κ3) is 3.63. The van der Waals surface area contributed by atoms with E-state index in [4.69, 9.17) is 26.1 Å². The molecule has 1 saturated heterocycles. The summed E-state index contributed by atoms with van der Waals surface area (Å²) in [6.45, 7) is 4.57. The average molecular weight is 358 g/mol. The first-order valence-corrected chi connectivity index (χ1v) is 8.80. The van der Waals surface area contributed by atoms with Crippen molar-refractivity contribution in [2.45, 2.75) is 13.3 Å². The Morgan fingerprint density at radius 1 is 1.04 bits per heavy atom. The molecule has 130 valence electrons. The van der Waals surface area contributed by atoms with E-state index in [1.165, 1.54) is 0 Å². The van der Waals surface area contributed by atoms with Crippen molar-refractivity contribution in [1.82, 2.24) is 14.5 Å². The summed E-state index contributed by atoms with van der Waals surface area (Å²) < 4.78 is 13.6. The highest BCUT2D eigenvalue weighted by Crippen LogP contribution is 2.25. The summed E-state index contributed by atoms with van der Waals surface area (Å²) in [6, 6.07) is 15.7. The second-order valence-corrected chi connectivity index (χ2v) is 6.44. The smallest absolute Gasteiger partial charge is 0.149 e. The van der Waals surface area contributed by atoms with E-state index in [1.54, 1.807) is 0 Å². The lowest BCUT2D eigenvalue weighted by Crippen LogP contribution is -2.37. The van der Waals surface area contributed by atoms with Gasteiger partial charge in [-0.25, -0.2) is 4.98 Å². The van der Waals surface area contributed by atoms with Crippen molar-refractivity contribution < 1.29 is 9.47 Å². The first-order valence-electron chi connectivity index (χ1n) is 8.43. The molecule has 4 rings (SSSR count). The second kappa shape index (κ2) is 7.44. The van der Waals surface area contributed by atoms with Crippen molar-refractivity contribution in [3.63, 3.8) is 0 Å². The van der Waals surface area contributed by atoms with Gasteiger partial charge in [0.25, 0.3) is 0 Å². The monoisotopic (exact) mass is 357 g/mol. The zero-order valence-corrected chi connectivity index (χ0v) is 14.7. The minimum Gasteiger partial charge on any atom is -0.484 e. The first-order chi connectivity index (χ1) is 12.3. The number of imidazole rings is 1. The van der Waals surface area contributed by atoms with Crippen LogP contribution in [0.25, 0.3) is 11.0 Å². The number of ether oxygens (including phenoxy) is 2. The molecule has 1 aromatic heterocycles. The number of halogens is 1. The Kier molecular flexibility index (Phi) is 4.88. The molecular formula is C19H20ClN3O2. The second-order valence-electron chi connectivity index (χ2n) is 6.04. The highest BCUT2D eigenvalue weighted by atomic mass is 35.5. The van der Waals surface area contributed by atoms with Crippen LogP contribution in [0.4, 0.5) is 0 Å². The van der Waals surface area contributed by atoms with Crippen molar-refractivity contribution in [3.8, 4) is 5.75 Å². The fraction of sp³-hybridized carbons (Fsp3) is 0.316. The molecule has 0 atom stereocenters. The highest BCUT2D eigenvalue weighted by Gasteiger charge is 2.16. The maximum atomic E-state index is 6.19. The fourth-order valence-corrected chi connectivity index (χ4v) is 3.23. The lowest BCUT2D eigenvalue weighted by Gasteiger charge is -2.27. The van der Waals surface area contributed by atoms with Crippen molar-refractivity contribution in [1.29, 1.82) is 0 Å². The summed E-state index contributed by atoms with van der Waals surface area (Å²) in [5.41, 5.74) is 2.10. The SMILES string of the molecule is Clc1ccccc1OCc1nc2ccccc2n1CN1CCOCC1. The molecule has 25 heavy (non-hydrogen) atoms. The molecule has 3 aromatic rings. The van der Waals surface area contributed by atoms with Gasteiger partial charge in [-0.1, -0.05) is 35.9 Å². The Bertz CT molecular complexity index is 859. The van der Waals surface area contributed by atoms with Gasteiger partial charge in [-0.3, -0.25) is 4.90 Å². The molecule has 1 aliphatic rings. The van der Waals surface area contributed by atoms with E-state index in [9.17, 15) is 0 Å². The number of rotatable bonds is 5. The molecule has 0 unspecified atom stereocenters. The van der Waals surface area contributed by atoms with Crippen LogP contribution >= 0.6 is 11.6 Å². The van der Waals surface area contributed by atoms with Gasteiger partial charge in [-0.15, -0.1) is 0 Å². The van der Waals surface area contributed by atoms with E-state index in [0.717, 1.165) is 49.8 Å². The van der Waals surface area contributed by atoms with E-state index < -0.39 is 0 Å². The Hall–Kier alpha value is -2.08. The molecule has 2 heterocycles. The molecular weight excluding hydrogens is 338 g/mol. The lowest BCUT2D eigenvalue weighted by atomic mass is 10.3. The third-order valence-electron chi connectivity index (χ3n) is 4.37. The lowest BCUT2D eigenvalue weighted by molar-refractivity contribution is 0.0232. The van der Waals surface area contributed by atoms with Gasteiger partial charge in [-0.2, -0.15) is 0 Å². The van der Waals surface area contributed by atoms with Crippen molar-refractivity contribution in [2.75, 3.05) is 26.3 Å². The maximum absolute atomic E-state index is 6.19. The Morgan fingerprint density at radius 2 is 1.80 bits per heavy atom. The molecule has 0 N–H and O–H groups in total. The number of benzene rings is 2. The normalized spacial score (nSPS) is 15.6. The Labute approximate surface area is 151 Å². The number of fused-ring (bicyclic) bond motifs is 1. The fourth-order valence-electron chi connectivity index (χ4n) is 3.04. The van der Waals surface area contributed by atoms with Crippen LogP contribution in [-0.4, -0.2) is 40.8 Å². The minimum absolute atomic E-state index is 0.378. The van der Waals surface area contributed by atoms with Gasteiger partial charge in [0.1, 0.15) is 18.2 Å². The summed E-state index contributed by atoms with van der Waals surface area (Å²) in [5.74, 6) is 1.57. The number of para-hydroxylation sites is 3. The molecule has 5 nitrogen and oxygen atoms in total. The van der Waals surface area contributed by atoms with Gasteiger partial charge in [-0.05, 0) is 24.3 Å². The van der Waals surface area contributed by atoms with Crippen LogP contribution in [0.1, 0.15) is 5.82 Å². The van der Waals surface area contributed by atoms with Crippen LogP contribution in [0.2, 0.25) is 5.02 Å². The van der Waals surface area contributed by atoms with Gasteiger partial charge in [0.05, 0.1) is 35.9 Å². The largest absolute Gasteiger partial charge is 0.484 e. The number of morpholine rings is 1. The highest BCUT2D eigenvalue weighted by molar-refractivity contribution is 6.32. The average Bonchev–Trinajstić information content (AvgIpc) is 3.00. The summed E-state index contributed by atoms with van der Waals surface area (Å²) in [7, 11) is 0. The van der Waals surface area contributed by atoms with E-state index in [0.29, 0.717) is 17.4 Å². The molecule has 1 fully saturated rings. The Morgan fingerprint density at radius 3 is 2.64 bits per heavy atom. The summed E-state index contributed by atoms with van der Waals surface area (Å²) >= 11 is 6.19. The molecule has 0 bridgehead atoms. The van der Waals surface area contributed by atoms with Gasteiger partial charge in [0.2, 0.25) is 0 Å². The minimum atomic E-state index is 0.378. The molecule has 2 aromatic carbocycles. The predicted molar refractivity (Wildman–Crippen MR) is 97.9 cm³/mol. The van der Waals surface area contributed by atoms with Crippen LogP contribution in [0.15, 0.2) is 48.5 Å². The zero-order valence-electron chi connectivity index (χ0n) is 13.9. The topological polar surface area (TPSA) is 39.5 Å². The third-order valence-corrected chi connectivity index (χ3v) is 4.68. The number of hydrogen-bond donors (Lipinski definition) is 0. The van der Waals surface area contributed by atoms with Crippen LogP contribution in [0.3, 0.4) is 0 Å². The van der Waals surface area contributed by atoms with Crippen LogP contribution in [0.5, 0.6) is 5.75 Å². The zero-order chi connectivity index (χ0) is 17.1. The first kappa shape index (κ1) is 16.4. The summed E-state index contributed by atoms with van der Waals surface area (Å²) in [6.07, 6.45) is 0. The predicted octanol–water partition coefficient (Wildman–Crippen LogP) is 3.56. The molecule has 0 radical (unpaired) electrons. The molecule has 0 saturated carbocycles. The van der Waals surface area contributed by atoms with Crippen molar-refractivity contribution in [3.05, 3.63) is 59.4 Å². The Balaban J connectivity index is 1.60. The summed E-state index contributed by atoms with van der Waals surface area (Å²) in [4.78, 5) is 7.13. The van der Waals surface area contributed by atoms with Gasteiger partial charge in [0.15, 0.2) is 0 Å². The van der Waals surface area contributed by atoms with Crippen molar-refractivity contribution in [2.24, 2.45) is 0 Å². The van der Waals surface area contributed by atoms with Crippen LogP contribution in [0, 0.1) is 0 Å². The summed E-state index contributed by atoms with van der Waals surface area (Å²) in [5, 5.41) is 0.610. The van der Waals surface area contributed by atoms with E-state index in [1.807, 2.05) is 42.5 Å². The standard InChI is InChI=1S/C19H20ClN3O2/c20-15-5-1-4-8-18(15)25-13-19-21-16-6-2-3-7-17(16)23(19)14-22-9-11-24-12-10-22/h1-8H,9-14H2. The van der Waals surface area contributed by atoms with Gasteiger partial charge < -0.3 is 14.0 Å². The van der Waals surface area contributed by atoms with Gasteiger partial charge in [0, 0.05) is 13.1 Å². The quantitative estimate of drug-likeness (QED) is 0.700. The van der Waals surface area contributed by atoms with Crippen LogP contribution in [-0.2, 0) is 18.0 Å². The molecule has 0 spiro atoms. The molecule has 1 aliphatic heterocycles. The van der Waals surface area contributed by atoms with E-state index in [-0.39, 0.29) is 0 Å².